The van der Waals surface area contributed by atoms with Crippen LogP contribution in [0.15, 0.2) is 0 Å². The molecule has 0 heterocycles. The Balaban J connectivity index is 3.44. The molecule has 0 radical (unpaired) electrons. The molecule has 0 aromatic carbocycles. The Bertz CT molecular complexity index is 239. The second-order valence-electron chi connectivity index (χ2n) is 5.30. The summed E-state index contributed by atoms with van der Waals surface area (Å²) in [5.41, 5.74) is -0.487. The highest BCUT2D eigenvalue weighted by Gasteiger charge is 2.15. The first-order chi connectivity index (χ1) is 8.22. The van der Waals surface area contributed by atoms with E-state index < -0.39 is 11.7 Å². The predicted octanol–water partition coefficient (Wildman–Crippen LogP) is 1.63. The van der Waals surface area contributed by atoms with Crippen LogP contribution in [-0.4, -0.2) is 54.3 Å². The van der Waals surface area contributed by atoms with Crippen molar-refractivity contribution in [3.05, 3.63) is 0 Å². The van der Waals surface area contributed by atoms with Gasteiger partial charge in [0, 0.05) is 19.1 Å². The van der Waals surface area contributed by atoms with Crippen molar-refractivity contribution in [1.82, 2.24) is 10.4 Å². The van der Waals surface area contributed by atoms with Gasteiger partial charge in [0.25, 0.3) is 0 Å². The fourth-order valence-corrected chi connectivity index (χ4v) is 1.06. The van der Waals surface area contributed by atoms with Crippen molar-refractivity contribution in [3.8, 4) is 0 Å². The number of nitrogens with zero attached hydrogens (tertiary/aromatic N) is 1. The van der Waals surface area contributed by atoms with Gasteiger partial charge in [-0.25, -0.2) is 4.79 Å². The molecule has 6 nitrogen and oxygen atoms in total. The van der Waals surface area contributed by atoms with Gasteiger partial charge >= 0.3 is 6.09 Å². The summed E-state index contributed by atoms with van der Waals surface area (Å²) in [5.74, 6) is 0. The van der Waals surface area contributed by atoms with Gasteiger partial charge in [-0.3, -0.25) is 0 Å². The van der Waals surface area contributed by atoms with E-state index in [1.54, 1.807) is 0 Å². The third kappa shape index (κ3) is 10.3. The second kappa shape index (κ2) is 8.29. The molecule has 0 unspecified atom stereocenters. The summed E-state index contributed by atoms with van der Waals surface area (Å²) in [4.78, 5) is 11.3. The van der Waals surface area contributed by atoms with Gasteiger partial charge in [-0.1, -0.05) is 0 Å². The molecule has 108 valence electrons. The molecule has 6 heteroatoms. The summed E-state index contributed by atoms with van der Waals surface area (Å²) in [7, 11) is 0. The first-order valence-corrected chi connectivity index (χ1v) is 6.22. The molecule has 0 aliphatic rings. The SMILES string of the molecule is CC(C)N(O)CCOCCNC(=O)OC(C)(C)C. The monoisotopic (exact) mass is 262 g/mol. The summed E-state index contributed by atoms with van der Waals surface area (Å²) >= 11 is 0. The second-order valence-corrected chi connectivity index (χ2v) is 5.30. The number of alkyl carbamates (subject to hydrolysis) is 1. The Kier molecular flexibility index (Phi) is 7.90. The van der Waals surface area contributed by atoms with Crippen molar-refractivity contribution >= 4 is 6.09 Å². The van der Waals surface area contributed by atoms with Gasteiger partial charge in [-0.2, -0.15) is 5.06 Å². The first-order valence-electron chi connectivity index (χ1n) is 6.22. The van der Waals surface area contributed by atoms with Crippen molar-refractivity contribution in [2.24, 2.45) is 0 Å². The molecular formula is C12H26N2O4. The van der Waals surface area contributed by atoms with Crippen LogP contribution in [0.3, 0.4) is 0 Å². The van der Waals surface area contributed by atoms with Gasteiger partial charge in [0.15, 0.2) is 0 Å². The van der Waals surface area contributed by atoms with Crippen LogP contribution in [0.25, 0.3) is 0 Å². The molecular weight excluding hydrogens is 236 g/mol. The number of amides is 1. The van der Waals surface area contributed by atoms with Gasteiger partial charge in [0.05, 0.1) is 13.2 Å². The highest BCUT2D eigenvalue weighted by molar-refractivity contribution is 5.67. The lowest BCUT2D eigenvalue weighted by Gasteiger charge is -2.20. The van der Waals surface area contributed by atoms with Crippen LogP contribution in [0.1, 0.15) is 34.6 Å². The summed E-state index contributed by atoms with van der Waals surface area (Å²) in [5, 5.41) is 13.2. The summed E-state index contributed by atoms with van der Waals surface area (Å²) < 4.78 is 10.3. The van der Waals surface area contributed by atoms with Crippen LogP contribution in [0, 0.1) is 0 Å². The van der Waals surface area contributed by atoms with Crippen molar-refractivity contribution in [1.29, 1.82) is 0 Å². The van der Waals surface area contributed by atoms with Crippen LogP contribution in [0.4, 0.5) is 4.79 Å². The van der Waals surface area contributed by atoms with Crippen LogP contribution in [0.5, 0.6) is 0 Å². The smallest absolute Gasteiger partial charge is 0.407 e. The molecule has 0 atom stereocenters. The van der Waals surface area contributed by atoms with Gasteiger partial charge in [-0.15, -0.1) is 0 Å². The fourth-order valence-electron chi connectivity index (χ4n) is 1.06. The van der Waals surface area contributed by atoms with E-state index in [1.807, 2.05) is 34.6 Å². The van der Waals surface area contributed by atoms with E-state index in [-0.39, 0.29) is 6.04 Å². The zero-order valence-corrected chi connectivity index (χ0v) is 12.0. The third-order valence-corrected chi connectivity index (χ3v) is 1.98. The van der Waals surface area contributed by atoms with E-state index in [0.717, 1.165) is 0 Å². The van der Waals surface area contributed by atoms with E-state index >= 15 is 0 Å². The minimum Gasteiger partial charge on any atom is -0.444 e. The summed E-state index contributed by atoms with van der Waals surface area (Å²) in [6.07, 6.45) is -0.447. The maximum atomic E-state index is 11.3. The normalized spacial score (nSPS) is 12.0. The lowest BCUT2D eigenvalue weighted by Crippen LogP contribution is -2.35. The number of rotatable bonds is 7. The molecule has 0 aliphatic heterocycles. The Morgan fingerprint density at radius 2 is 1.94 bits per heavy atom. The molecule has 0 saturated heterocycles. The molecule has 18 heavy (non-hydrogen) atoms. The van der Waals surface area contributed by atoms with Crippen molar-refractivity contribution < 1.29 is 19.5 Å². The maximum Gasteiger partial charge on any atom is 0.407 e. The number of hydroxylamine groups is 2. The standard InChI is InChI=1S/C12H26N2O4/c1-10(2)14(16)7-9-17-8-6-13-11(15)18-12(3,4)5/h10,16H,6-9H2,1-5H3,(H,13,15). The minimum atomic E-state index is -0.487. The van der Waals surface area contributed by atoms with Crippen LogP contribution in [0.2, 0.25) is 0 Å². The number of nitrogens with one attached hydrogen (secondary N) is 1. The highest BCUT2D eigenvalue weighted by atomic mass is 16.6. The van der Waals surface area contributed by atoms with Crippen LogP contribution < -0.4 is 5.32 Å². The molecule has 0 aromatic heterocycles. The quantitative estimate of drug-likeness (QED) is 0.539. The Labute approximate surface area is 109 Å². The number of hydrogen-bond acceptors (Lipinski definition) is 5. The summed E-state index contributed by atoms with van der Waals surface area (Å²) in [6, 6.07) is 0.0773. The maximum absolute atomic E-state index is 11.3. The van der Waals surface area contributed by atoms with Gasteiger partial charge in [0.1, 0.15) is 5.60 Å². The fraction of sp³-hybridized carbons (Fsp3) is 0.917. The van der Waals surface area contributed by atoms with E-state index in [9.17, 15) is 10.0 Å². The largest absolute Gasteiger partial charge is 0.444 e. The molecule has 0 saturated carbocycles. The van der Waals surface area contributed by atoms with Gasteiger partial charge < -0.3 is 20.0 Å². The average Bonchev–Trinajstić information content (AvgIpc) is 2.19. The van der Waals surface area contributed by atoms with Gasteiger partial charge in [-0.05, 0) is 34.6 Å². The topological polar surface area (TPSA) is 71.0 Å². The molecule has 0 spiro atoms. The van der Waals surface area contributed by atoms with Crippen LogP contribution in [-0.2, 0) is 9.47 Å². The molecule has 0 bridgehead atoms. The summed E-state index contributed by atoms with van der Waals surface area (Å²) in [6.45, 7) is 10.9. The number of hydrogen-bond donors (Lipinski definition) is 2. The lowest BCUT2D eigenvalue weighted by atomic mass is 10.2. The van der Waals surface area contributed by atoms with Crippen molar-refractivity contribution in [2.45, 2.75) is 46.3 Å². The van der Waals surface area contributed by atoms with E-state index in [2.05, 4.69) is 5.32 Å². The Hall–Kier alpha value is -0.850. The first kappa shape index (κ1) is 17.2. The number of carbonyl (C=O) groups is 1. The zero-order valence-electron chi connectivity index (χ0n) is 12.0. The molecule has 2 N–H and O–H groups in total. The van der Waals surface area contributed by atoms with Crippen molar-refractivity contribution in [2.75, 3.05) is 26.3 Å². The Morgan fingerprint density at radius 3 is 2.44 bits per heavy atom. The van der Waals surface area contributed by atoms with E-state index in [4.69, 9.17) is 9.47 Å². The van der Waals surface area contributed by atoms with Gasteiger partial charge in [0.2, 0.25) is 0 Å². The Morgan fingerprint density at radius 1 is 1.33 bits per heavy atom. The molecule has 1 amide bonds. The number of ether oxygens (including phenoxy) is 2. The minimum absolute atomic E-state index is 0.0773. The zero-order chi connectivity index (χ0) is 14.2. The number of carbonyl (C=O) groups excluding carboxylic acids is 1. The van der Waals surface area contributed by atoms with E-state index in [1.165, 1.54) is 5.06 Å². The third-order valence-electron chi connectivity index (χ3n) is 1.98. The van der Waals surface area contributed by atoms with E-state index in [0.29, 0.717) is 26.3 Å². The van der Waals surface area contributed by atoms with Crippen molar-refractivity contribution in [3.63, 3.8) is 0 Å². The highest BCUT2D eigenvalue weighted by Crippen LogP contribution is 2.05. The molecule has 0 aliphatic carbocycles. The average molecular weight is 262 g/mol. The molecule has 0 rings (SSSR count). The van der Waals surface area contributed by atoms with Crippen LogP contribution >= 0.6 is 0 Å². The predicted molar refractivity (Wildman–Crippen MR) is 68.7 cm³/mol. The molecule has 0 fully saturated rings. The lowest BCUT2D eigenvalue weighted by molar-refractivity contribution is -0.127. The molecule has 0 aromatic rings.